The first-order valence-electron chi connectivity index (χ1n) is 12.8. The minimum Gasteiger partial charge on any atom is -0.341 e. The summed E-state index contributed by atoms with van der Waals surface area (Å²) in [5.41, 5.74) is 4.23. The van der Waals surface area contributed by atoms with E-state index in [9.17, 15) is 9.59 Å². The first-order valence-corrected chi connectivity index (χ1v) is 12.8. The van der Waals surface area contributed by atoms with Gasteiger partial charge in [-0.3, -0.25) is 9.59 Å². The number of benzene rings is 2. The van der Waals surface area contributed by atoms with Crippen molar-refractivity contribution < 1.29 is 9.59 Å². The van der Waals surface area contributed by atoms with Crippen LogP contribution in [0, 0.1) is 23.2 Å². The summed E-state index contributed by atoms with van der Waals surface area (Å²) in [4.78, 5) is 29.6. The molecule has 0 radical (unpaired) electrons. The molecule has 2 amide bonds. The van der Waals surface area contributed by atoms with Crippen molar-refractivity contribution in [2.75, 3.05) is 18.0 Å². The molecule has 3 aliphatic rings. The van der Waals surface area contributed by atoms with Gasteiger partial charge in [0.2, 0.25) is 11.8 Å². The number of carbonyl (C=O) groups is 2. The number of para-hydroxylation sites is 1. The first-order chi connectivity index (χ1) is 16.5. The Morgan fingerprint density at radius 3 is 2.18 bits per heavy atom. The monoisotopic (exact) mass is 456 g/mol. The summed E-state index contributed by atoms with van der Waals surface area (Å²) < 4.78 is 0. The number of fused-ring (bicyclic) bond motifs is 2. The Labute approximate surface area is 204 Å². The summed E-state index contributed by atoms with van der Waals surface area (Å²) in [5, 5.41) is 0. The molecule has 0 aromatic heterocycles. The summed E-state index contributed by atoms with van der Waals surface area (Å²) in [5.74, 6) is 7.66. The molecule has 2 fully saturated rings. The van der Waals surface area contributed by atoms with E-state index in [1.54, 1.807) is 0 Å². The fourth-order valence-corrected chi connectivity index (χ4v) is 5.67. The molecule has 1 spiro atoms. The molecule has 2 heterocycles. The largest absolute Gasteiger partial charge is 0.341 e. The third-order valence-electron chi connectivity index (χ3n) is 7.17. The van der Waals surface area contributed by atoms with E-state index >= 15 is 0 Å². The molecule has 0 unspecified atom stereocenters. The standard InChI is InChI=1S/C28H30N2O2.C2H6/c1-21-16-28(17-21)19-29(20-28)26(31)12-6-7-13-27(32)30-18-24-10-3-2-8-22(24)14-15-23-9-4-5-11-25(23)30;1-2/h2-5,8-11,21H,6-7,12-13,16-20H2,1H3;1-2H3. The van der Waals surface area contributed by atoms with Gasteiger partial charge in [0.05, 0.1) is 12.2 Å². The number of anilines is 1. The predicted molar refractivity (Wildman–Crippen MR) is 137 cm³/mol. The Kier molecular flexibility index (Phi) is 7.41. The molecule has 5 rings (SSSR count). The zero-order chi connectivity index (χ0) is 24.1. The van der Waals surface area contributed by atoms with Gasteiger partial charge in [-0.05, 0) is 55.4 Å². The van der Waals surface area contributed by atoms with Gasteiger partial charge in [0.15, 0.2) is 0 Å². The van der Waals surface area contributed by atoms with Crippen LogP contribution < -0.4 is 4.90 Å². The lowest BCUT2D eigenvalue weighted by Gasteiger charge is -2.58. The number of hydrogen-bond donors (Lipinski definition) is 0. The fraction of sp³-hybridized carbons (Fsp3) is 0.467. The molecule has 178 valence electrons. The van der Waals surface area contributed by atoms with Gasteiger partial charge in [-0.1, -0.05) is 62.9 Å². The first kappa shape index (κ1) is 24.1. The van der Waals surface area contributed by atoms with Gasteiger partial charge in [-0.2, -0.15) is 0 Å². The number of unbranched alkanes of at least 4 members (excludes halogenated alkanes) is 1. The van der Waals surface area contributed by atoms with E-state index in [2.05, 4.69) is 18.8 Å². The number of nitrogens with zero attached hydrogens (tertiary/aromatic N) is 2. The SMILES string of the molecule is CC.CC1CC2(C1)CN(C(=O)CCCCC(=O)N1Cc3ccccc3C#Cc3ccccc31)C2. The van der Waals surface area contributed by atoms with Crippen LogP contribution in [0.15, 0.2) is 48.5 Å². The van der Waals surface area contributed by atoms with Gasteiger partial charge in [-0.15, -0.1) is 0 Å². The van der Waals surface area contributed by atoms with E-state index in [4.69, 9.17) is 0 Å². The third-order valence-corrected chi connectivity index (χ3v) is 7.17. The van der Waals surface area contributed by atoms with E-state index in [1.165, 1.54) is 12.8 Å². The zero-order valence-electron chi connectivity index (χ0n) is 20.8. The smallest absolute Gasteiger partial charge is 0.227 e. The molecule has 2 aromatic rings. The average molecular weight is 457 g/mol. The summed E-state index contributed by atoms with van der Waals surface area (Å²) >= 11 is 0. The minimum atomic E-state index is 0.0924. The van der Waals surface area contributed by atoms with Crippen LogP contribution in [0.4, 0.5) is 5.69 Å². The normalized spacial score (nSPS) is 17.4. The van der Waals surface area contributed by atoms with Crippen LogP contribution in [0.1, 0.15) is 76.0 Å². The predicted octanol–water partition coefficient (Wildman–Crippen LogP) is 5.78. The van der Waals surface area contributed by atoms with Crippen LogP contribution in [-0.4, -0.2) is 29.8 Å². The van der Waals surface area contributed by atoms with Gasteiger partial charge < -0.3 is 9.80 Å². The highest BCUT2D eigenvalue weighted by Gasteiger charge is 2.51. The molecule has 34 heavy (non-hydrogen) atoms. The number of rotatable bonds is 5. The highest BCUT2D eigenvalue weighted by Crippen LogP contribution is 2.51. The molecule has 0 N–H and O–H groups in total. The quantitative estimate of drug-likeness (QED) is 0.423. The van der Waals surface area contributed by atoms with Gasteiger partial charge in [0.25, 0.3) is 0 Å². The van der Waals surface area contributed by atoms with Crippen LogP contribution in [0.5, 0.6) is 0 Å². The molecule has 4 heteroatoms. The second-order valence-corrected chi connectivity index (χ2v) is 9.87. The highest BCUT2D eigenvalue weighted by molar-refractivity contribution is 5.95. The number of amides is 2. The van der Waals surface area contributed by atoms with Crippen LogP contribution >= 0.6 is 0 Å². The molecule has 4 nitrogen and oxygen atoms in total. The number of likely N-dealkylation sites (tertiary alicyclic amines) is 1. The second-order valence-electron chi connectivity index (χ2n) is 9.87. The third kappa shape index (κ3) is 5.04. The van der Waals surface area contributed by atoms with Crippen molar-refractivity contribution in [3.05, 3.63) is 65.2 Å². The Balaban J connectivity index is 0.00000133. The fourth-order valence-electron chi connectivity index (χ4n) is 5.67. The number of carbonyl (C=O) groups excluding carboxylic acids is 2. The van der Waals surface area contributed by atoms with E-state index in [0.29, 0.717) is 24.8 Å². The van der Waals surface area contributed by atoms with Crippen molar-refractivity contribution >= 4 is 17.5 Å². The van der Waals surface area contributed by atoms with Gasteiger partial charge in [0.1, 0.15) is 0 Å². The maximum atomic E-state index is 13.2. The van der Waals surface area contributed by atoms with Crippen LogP contribution in [-0.2, 0) is 16.1 Å². The van der Waals surface area contributed by atoms with E-state index in [-0.39, 0.29) is 11.8 Å². The Morgan fingerprint density at radius 1 is 0.882 bits per heavy atom. The van der Waals surface area contributed by atoms with Crippen molar-refractivity contribution in [2.24, 2.45) is 11.3 Å². The molecule has 1 aliphatic carbocycles. The van der Waals surface area contributed by atoms with Crippen LogP contribution in [0.3, 0.4) is 0 Å². The maximum absolute atomic E-state index is 13.2. The molecular weight excluding hydrogens is 420 g/mol. The lowest BCUT2D eigenvalue weighted by molar-refractivity contribution is -0.154. The molecule has 0 bridgehead atoms. The Morgan fingerprint density at radius 2 is 1.47 bits per heavy atom. The number of hydrogen-bond acceptors (Lipinski definition) is 2. The van der Waals surface area contributed by atoms with Crippen molar-refractivity contribution in [1.82, 2.24) is 4.90 Å². The molecule has 1 saturated carbocycles. The van der Waals surface area contributed by atoms with E-state index < -0.39 is 0 Å². The van der Waals surface area contributed by atoms with E-state index in [1.807, 2.05) is 72.2 Å². The van der Waals surface area contributed by atoms with Crippen molar-refractivity contribution in [3.8, 4) is 11.8 Å². The molecule has 2 aliphatic heterocycles. The summed E-state index contributed by atoms with van der Waals surface area (Å²) in [6.45, 7) is 8.70. The molecular formula is C30H36N2O2. The average Bonchev–Trinajstić information content (AvgIpc) is 2.80. The van der Waals surface area contributed by atoms with Gasteiger partial charge >= 0.3 is 0 Å². The van der Waals surface area contributed by atoms with Gasteiger partial charge in [0, 0.05) is 42.5 Å². The Bertz CT molecular complexity index is 1100. The Hall–Kier alpha value is -3.06. The zero-order valence-corrected chi connectivity index (χ0v) is 20.8. The van der Waals surface area contributed by atoms with Crippen molar-refractivity contribution in [3.63, 3.8) is 0 Å². The second kappa shape index (κ2) is 10.5. The lowest BCUT2D eigenvalue weighted by Crippen LogP contribution is -2.63. The van der Waals surface area contributed by atoms with Gasteiger partial charge in [-0.25, -0.2) is 0 Å². The lowest BCUT2D eigenvalue weighted by atomic mass is 9.58. The minimum absolute atomic E-state index is 0.0924. The topological polar surface area (TPSA) is 40.6 Å². The van der Waals surface area contributed by atoms with Crippen LogP contribution in [0.25, 0.3) is 0 Å². The molecule has 2 aromatic carbocycles. The van der Waals surface area contributed by atoms with Crippen molar-refractivity contribution in [2.45, 2.75) is 65.8 Å². The van der Waals surface area contributed by atoms with Crippen molar-refractivity contribution in [1.29, 1.82) is 0 Å². The van der Waals surface area contributed by atoms with E-state index in [0.717, 1.165) is 54.2 Å². The summed E-state index contributed by atoms with van der Waals surface area (Å²) in [7, 11) is 0. The summed E-state index contributed by atoms with van der Waals surface area (Å²) in [6, 6.07) is 15.9. The highest BCUT2D eigenvalue weighted by atomic mass is 16.2. The molecule has 1 saturated heterocycles. The maximum Gasteiger partial charge on any atom is 0.227 e. The van der Waals surface area contributed by atoms with Crippen LogP contribution in [0.2, 0.25) is 0 Å². The molecule has 0 atom stereocenters. The summed E-state index contributed by atoms with van der Waals surface area (Å²) in [6.07, 6.45) is 5.03.